The van der Waals surface area contributed by atoms with Crippen molar-refractivity contribution in [1.29, 1.82) is 0 Å². The molecule has 0 saturated heterocycles. The highest BCUT2D eigenvalue weighted by Gasteiger charge is 2.21. The maximum Gasteiger partial charge on any atom is 0.170 e. The molecule has 1 aromatic carbocycles. The Balaban J connectivity index is 2.46. The largest absolute Gasteiger partial charge is 0.294 e. The van der Waals surface area contributed by atoms with Gasteiger partial charge >= 0.3 is 0 Å². The number of allylic oxidation sites excluding steroid dienone is 2. The third kappa shape index (κ3) is 1.67. The molecule has 0 radical (unpaired) electrons. The number of carbonyl (C=O) groups is 1. The molecule has 2 rings (SSSR count). The quantitative estimate of drug-likeness (QED) is 0.746. The summed E-state index contributed by atoms with van der Waals surface area (Å²) < 4.78 is 0.767. The molecule has 0 atom stereocenters. The van der Waals surface area contributed by atoms with Gasteiger partial charge in [-0.1, -0.05) is 29.8 Å². The van der Waals surface area contributed by atoms with Gasteiger partial charge in [0.1, 0.15) is 0 Å². The van der Waals surface area contributed by atoms with Crippen molar-refractivity contribution in [3.8, 4) is 0 Å². The van der Waals surface area contributed by atoms with Gasteiger partial charge in [-0.3, -0.25) is 4.79 Å². The Morgan fingerprint density at radius 1 is 1.29 bits per heavy atom. The Hall–Kier alpha value is -0.890. The van der Waals surface area contributed by atoms with Crippen molar-refractivity contribution in [2.24, 2.45) is 0 Å². The van der Waals surface area contributed by atoms with Crippen LogP contribution >= 0.6 is 15.9 Å². The summed E-state index contributed by atoms with van der Waals surface area (Å²) in [6.07, 6.45) is 1.51. The highest BCUT2D eigenvalue weighted by molar-refractivity contribution is 9.12. The molecule has 0 aliphatic heterocycles. The number of benzene rings is 1. The van der Waals surface area contributed by atoms with E-state index >= 15 is 0 Å². The lowest BCUT2D eigenvalue weighted by atomic mass is 10.0. The van der Waals surface area contributed by atoms with Gasteiger partial charge in [0.15, 0.2) is 5.78 Å². The first-order valence-corrected chi connectivity index (χ1v) is 5.46. The SMILES string of the molecule is Cc1cccc(C2=C(Br)C(=O)CC2)c1. The molecule has 0 amide bonds. The van der Waals surface area contributed by atoms with Gasteiger partial charge in [-0.2, -0.15) is 0 Å². The minimum Gasteiger partial charge on any atom is -0.294 e. The second-order valence-electron chi connectivity index (χ2n) is 3.59. The molecule has 0 unspecified atom stereocenters. The molecule has 1 aromatic rings. The summed E-state index contributed by atoms with van der Waals surface area (Å²) in [6.45, 7) is 2.06. The molecule has 1 aliphatic rings. The molecule has 72 valence electrons. The average Bonchev–Trinajstić information content (AvgIpc) is 2.48. The molecule has 0 saturated carbocycles. The standard InChI is InChI=1S/C12H11BrO/c1-8-3-2-4-9(7-8)10-5-6-11(14)12(10)13/h2-4,7H,5-6H2,1H3. The number of aryl methyl sites for hydroxylation is 1. The van der Waals surface area contributed by atoms with E-state index in [9.17, 15) is 4.79 Å². The Bertz CT molecular complexity index is 418. The van der Waals surface area contributed by atoms with E-state index in [0.29, 0.717) is 6.42 Å². The number of carbonyl (C=O) groups excluding carboxylic acids is 1. The van der Waals surface area contributed by atoms with Crippen molar-refractivity contribution in [3.05, 3.63) is 39.9 Å². The lowest BCUT2D eigenvalue weighted by Gasteiger charge is -2.03. The number of Topliss-reactive ketones (excluding diaryl/α,β-unsaturated/α-hetero) is 1. The number of rotatable bonds is 1. The minimum atomic E-state index is 0.224. The number of halogens is 1. The van der Waals surface area contributed by atoms with Crippen molar-refractivity contribution in [2.75, 3.05) is 0 Å². The van der Waals surface area contributed by atoms with E-state index in [4.69, 9.17) is 0 Å². The minimum absolute atomic E-state index is 0.224. The molecule has 0 heterocycles. The topological polar surface area (TPSA) is 17.1 Å². The predicted molar refractivity (Wildman–Crippen MR) is 61.3 cm³/mol. The summed E-state index contributed by atoms with van der Waals surface area (Å²) in [5.41, 5.74) is 3.55. The van der Waals surface area contributed by atoms with Gasteiger partial charge in [0.05, 0.1) is 4.48 Å². The molecule has 1 aliphatic carbocycles. The normalized spacial score (nSPS) is 16.6. The first-order valence-electron chi connectivity index (χ1n) is 4.67. The molecule has 1 nitrogen and oxygen atoms in total. The summed E-state index contributed by atoms with van der Waals surface area (Å²) in [4.78, 5) is 11.3. The first-order chi connectivity index (χ1) is 6.68. The number of ketones is 1. The summed E-state index contributed by atoms with van der Waals surface area (Å²) >= 11 is 3.36. The van der Waals surface area contributed by atoms with Crippen LogP contribution < -0.4 is 0 Å². The van der Waals surface area contributed by atoms with E-state index < -0.39 is 0 Å². The van der Waals surface area contributed by atoms with Gasteiger partial charge in [0.25, 0.3) is 0 Å². The van der Waals surface area contributed by atoms with Gasteiger partial charge in [-0.25, -0.2) is 0 Å². The smallest absolute Gasteiger partial charge is 0.170 e. The zero-order valence-electron chi connectivity index (χ0n) is 8.01. The van der Waals surface area contributed by atoms with Gasteiger partial charge in [-0.15, -0.1) is 0 Å². The van der Waals surface area contributed by atoms with Crippen molar-refractivity contribution >= 4 is 27.3 Å². The molecule has 0 bridgehead atoms. The highest BCUT2D eigenvalue weighted by atomic mass is 79.9. The van der Waals surface area contributed by atoms with Crippen LogP contribution in [0.5, 0.6) is 0 Å². The van der Waals surface area contributed by atoms with Gasteiger partial charge in [0.2, 0.25) is 0 Å². The summed E-state index contributed by atoms with van der Waals surface area (Å²) in [7, 11) is 0. The fraction of sp³-hybridized carbons (Fsp3) is 0.250. The lowest BCUT2D eigenvalue weighted by molar-refractivity contribution is -0.114. The zero-order valence-corrected chi connectivity index (χ0v) is 9.60. The Morgan fingerprint density at radius 2 is 2.07 bits per heavy atom. The van der Waals surface area contributed by atoms with Crippen LogP contribution in [0.3, 0.4) is 0 Å². The third-order valence-electron chi connectivity index (χ3n) is 2.48. The lowest BCUT2D eigenvalue weighted by Crippen LogP contribution is -1.87. The highest BCUT2D eigenvalue weighted by Crippen LogP contribution is 2.34. The Kier molecular flexibility index (Phi) is 2.55. The van der Waals surface area contributed by atoms with E-state index in [-0.39, 0.29) is 5.78 Å². The van der Waals surface area contributed by atoms with Crippen LogP contribution in [0.4, 0.5) is 0 Å². The predicted octanol–water partition coefficient (Wildman–Crippen LogP) is 3.46. The third-order valence-corrected chi connectivity index (χ3v) is 3.40. The Labute approximate surface area is 92.0 Å². The molecular formula is C12H11BrO. The Morgan fingerprint density at radius 3 is 2.64 bits per heavy atom. The second-order valence-corrected chi connectivity index (χ2v) is 4.38. The summed E-state index contributed by atoms with van der Waals surface area (Å²) in [5, 5.41) is 0. The van der Waals surface area contributed by atoms with E-state index in [1.807, 2.05) is 6.07 Å². The van der Waals surface area contributed by atoms with Gasteiger partial charge in [0, 0.05) is 6.42 Å². The second kappa shape index (κ2) is 3.70. The molecular weight excluding hydrogens is 240 g/mol. The van der Waals surface area contributed by atoms with E-state index in [2.05, 4.69) is 41.1 Å². The van der Waals surface area contributed by atoms with E-state index in [0.717, 1.165) is 16.5 Å². The first kappa shape index (κ1) is 9.66. The molecule has 0 spiro atoms. The van der Waals surface area contributed by atoms with E-state index in [1.165, 1.54) is 11.1 Å². The van der Waals surface area contributed by atoms with Crippen molar-refractivity contribution < 1.29 is 4.79 Å². The fourth-order valence-corrected chi connectivity index (χ4v) is 2.36. The molecule has 2 heteroatoms. The van der Waals surface area contributed by atoms with E-state index in [1.54, 1.807) is 0 Å². The monoisotopic (exact) mass is 250 g/mol. The molecule has 0 N–H and O–H groups in total. The molecule has 0 aromatic heterocycles. The van der Waals surface area contributed by atoms with Crippen molar-refractivity contribution in [2.45, 2.75) is 19.8 Å². The van der Waals surface area contributed by atoms with Gasteiger partial charge < -0.3 is 0 Å². The summed E-state index contributed by atoms with van der Waals surface area (Å²) in [6, 6.07) is 8.27. The van der Waals surface area contributed by atoms with Crippen LogP contribution in [0.25, 0.3) is 5.57 Å². The maximum absolute atomic E-state index is 11.3. The van der Waals surface area contributed by atoms with Gasteiger partial charge in [-0.05, 0) is 40.4 Å². The van der Waals surface area contributed by atoms with Crippen molar-refractivity contribution in [3.63, 3.8) is 0 Å². The molecule has 0 fully saturated rings. The zero-order chi connectivity index (χ0) is 10.1. The maximum atomic E-state index is 11.3. The van der Waals surface area contributed by atoms with Crippen LogP contribution in [0.15, 0.2) is 28.7 Å². The van der Waals surface area contributed by atoms with Crippen LogP contribution in [-0.2, 0) is 4.79 Å². The average molecular weight is 251 g/mol. The fourth-order valence-electron chi connectivity index (χ4n) is 1.73. The number of hydrogen-bond acceptors (Lipinski definition) is 1. The van der Waals surface area contributed by atoms with Crippen LogP contribution in [0.1, 0.15) is 24.0 Å². The van der Waals surface area contributed by atoms with Crippen LogP contribution in [-0.4, -0.2) is 5.78 Å². The molecule has 14 heavy (non-hydrogen) atoms. The summed E-state index contributed by atoms with van der Waals surface area (Å²) in [5.74, 6) is 0.224. The van der Waals surface area contributed by atoms with Crippen LogP contribution in [0.2, 0.25) is 0 Å². The number of hydrogen-bond donors (Lipinski definition) is 0. The van der Waals surface area contributed by atoms with Crippen LogP contribution in [0, 0.1) is 6.92 Å². The van der Waals surface area contributed by atoms with Crippen molar-refractivity contribution in [1.82, 2.24) is 0 Å².